The van der Waals surface area contributed by atoms with Crippen molar-refractivity contribution in [2.75, 3.05) is 19.6 Å². The number of nitrogens with one attached hydrogen (secondary N) is 2. The molecule has 1 amide bonds. The van der Waals surface area contributed by atoms with Crippen molar-refractivity contribution in [1.82, 2.24) is 10.6 Å². The van der Waals surface area contributed by atoms with Crippen LogP contribution in [0.15, 0.2) is 0 Å². The molecule has 0 spiro atoms. The zero-order chi connectivity index (χ0) is 12.9. The molecule has 1 rings (SSSR count). The van der Waals surface area contributed by atoms with E-state index in [9.17, 15) is 4.79 Å². The van der Waals surface area contributed by atoms with Gasteiger partial charge in [-0.3, -0.25) is 4.79 Å². The third kappa shape index (κ3) is 9.46. The van der Waals surface area contributed by atoms with E-state index in [-0.39, 0.29) is 5.91 Å². The van der Waals surface area contributed by atoms with Crippen LogP contribution < -0.4 is 10.6 Å². The van der Waals surface area contributed by atoms with Gasteiger partial charge in [0.25, 0.3) is 0 Å². The minimum atomic E-state index is 0.201. The quantitative estimate of drug-likeness (QED) is 0.698. The fourth-order valence-electron chi connectivity index (χ4n) is 2.43. The molecule has 0 unspecified atom stereocenters. The second-order valence-electron chi connectivity index (χ2n) is 5.39. The van der Waals surface area contributed by atoms with Crippen molar-refractivity contribution >= 4 is 5.91 Å². The molecule has 1 aliphatic rings. The minimum Gasteiger partial charge on any atom is -0.356 e. The highest BCUT2D eigenvalue weighted by Crippen LogP contribution is 2.10. The van der Waals surface area contributed by atoms with Crippen molar-refractivity contribution in [1.29, 1.82) is 0 Å². The molecule has 1 heterocycles. The second-order valence-corrected chi connectivity index (χ2v) is 5.39. The van der Waals surface area contributed by atoms with Crippen LogP contribution in [0.25, 0.3) is 0 Å². The first kappa shape index (κ1) is 15.5. The van der Waals surface area contributed by atoms with Gasteiger partial charge >= 0.3 is 0 Å². The lowest BCUT2D eigenvalue weighted by atomic mass is 10.1. The first-order valence-corrected chi connectivity index (χ1v) is 7.87. The summed E-state index contributed by atoms with van der Waals surface area (Å²) in [6.45, 7) is 2.75. The van der Waals surface area contributed by atoms with Crippen LogP contribution >= 0.6 is 0 Å². The van der Waals surface area contributed by atoms with Crippen LogP contribution in [0.2, 0.25) is 0 Å². The highest BCUT2D eigenvalue weighted by atomic mass is 16.1. The largest absolute Gasteiger partial charge is 0.356 e. The van der Waals surface area contributed by atoms with Crippen LogP contribution in [0.5, 0.6) is 0 Å². The molecule has 0 bridgehead atoms. The Labute approximate surface area is 112 Å². The average molecular weight is 254 g/mol. The Bertz CT molecular complexity index is 187. The fraction of sp³-hybridized carbons (Fsp3) is 0.933. The molecule has 1 fully saturated rings. The molecule has 0 aliphatic carbocycles. The predicted molar refractivity (Wildman–Crippen MR) is 76.7 cm³/mol. The molecule has 106 valence electrons. The number of amides is 1. The lowest BCUT2D eigenvalue weighted by Gasteiger charge is -2.06. The second kappa shape index (κ2) is 11.5. The van der Waals surface area contributed by atoms with Crippen LogP contribution in [-0.4, -0.2) is 25.5 Å². The summed E-state index contributed by atoms with van der Waals surface area (Å²) in [5.41, 5.74) is 0. The summed E-state index contributed by atoms with van der Waals surface area (Å²) in [4.78, 5) is 11.5. The van der Waals surface area contributed by atoms with E-state index >= 15 is 0 Å². The van der Waals surface area contributed by atoms with Crippen LogP contribution in [0.3, 0.4) is 0 Å². The number of carbonyl (C=O) groups excluding carboxylic acids is 1. The van der Waals surface area contributed by atoms with E-state index in [1.54, 1.807) is 0 Å². The molecule has 0 aromatic rings. The number of hydrogen-bond acceptors (Lipinski definition) is 2. The van der Waals surface area contributed by atoms with Crippen molar-refractivity contribution in [2.45, 2.75) is 70.6 Å². The minimum absolute atomic E-state index is 0.201. The standard InChI is InChI=1S/C15H30N2O/c18-15-11-14-16-12-9-7-5-3-1-2-4-6-8-10-13-17-15/h16H,1-14H2,(H,17,18). The zero-order valence-corrected chi connectivity index (χ0v) is 11.8. The number of rotatable bonds is 0. The molecule has 3 nitrogen and oxygen atoms in total. The van der Waals surface area contributed by atoms with Crippen LogP contribution in [0, 0.1) is 0 Å². The molecule has 0 aromatic carbocycles. The maximum Gasteiger partial charge on any atom is 0.221 e. The van der Waals surface area contributed by atoms with Crippen molar-refractivity contribution in [3.8, 4) is 0 Å². The summed E-state index contributed by atoms with van der Waals surface area (Å²) < 4.78 is 0. The molecule has 1 saturated heterocycles. The molecule has 0 saturated carbocycles. The number of hydrogen-bond donors (Lipinski definition) is 2. The summed E-state index contributed by atoms with van der Waals surface area (Å²) in [5, 5.41) is 6.35. The Kier molecular flexibility index (Phi) is 9.91. The first-order chi connectivity index (χ1) is 8.89. The topological polar surface area (TPSA) is 41.1 Å². The van der Waals surface area contributed by atoms with Gasteiger partial charge in [-0.15, -0.1) is 0 Å². The smallest absolute Gasteiger partial charge is 0.221 e. The van der Waals surface area contributed by atoms with E-state index in [4.69, 9.17) is 0 Å². The van der Waals surface area contributed by atoms with Crippen molar-refractivity contribution in [2.24, 2.45) is 0 Å². The Hall–Kier alpha value is -0.570. The molecule has 0 atom stereocenters. The van der Waals surface area contributed by atoms with Gasteiger partial charge in [0.15, 0.2) is 0 Å². The van der Waals surface area contributed by atoms with E-state index in [1.165, 1.54) is 57.8 Å². The first-order valence-electron chi connectivity index (χ1n) is 7.87. The molecule has 0 radical (unpaired) electrons. The van der Waals surface area contributed by atoms with Gasteiger partial charge < -0.3 is 10.6 Å². The van der Waals surface area contributed by atoms with E-state index < -0.39 is 0 Å². The van der Waals surface area contributed by atoms with Gasteiger partial charge in [0.1, 0.15) is 0 Å². The molecular weight excluding hydrogens is 224 g/mol. The Morgan fingerprint density at radius 2 is 1.11 bits per heavy atom. The third-order valence-corrected chi connectivity index (χ3v) is 3.63. The van der Waals surface area contributed by atoms with Crippen molar-refractivity contribution in [3.63, 3.8) is 0 Å². The third-order valence-electron chi connectivity index (χ3n) is 3.63. The van der Waals surface area contributed by atoms with E-state index in [1.807, 2.05) is 0 Å². The van der Waals surface area contributed by atoms with Gasteiger partial charge in [-0.05, 0) is 19.4 Å². The molecule has 0 aromatic heterocycles. The van der Waals surface area contributed by atoms with Gasteiger partial charge in [0.2, 0.25) is 5.91 Å². The summed E-state index contributed by atoms with van der Waals surface area (Å²) in [6.07, 6.45) is 13.9. The van der Waals surface area contributed by atoms with Gasteiger partial charge in [0, 0.05) is 19.5 Å². The Morgan fingerprint density at radius 1 is 0.611 bits per heavy atom. The maximum atomic E-state index is 11.5. The van der Waals surface area contributed by atoms with Gasteiger partial charge in [-0.1, -0.05) is 51.4 Å². The molecule has 2 N–H and O–H groups in total. The van der Waals surface area contributed by atoms with Crippen LogP contribution in [0.1, 0.15) is 70.6 Å². The van der Waals surface area contributed by atoms with Gasteiger partial charge in [-0.25, -0.2) is 0 Å². The molecule has 3 heteroatoms. The highest BCUT2D eigenvalue weighted by Gasteiger charge is 2.00. The summed E-state index contributed by atoms with van der Waals surface area (Å²) in [7, 11) is 0. The predicted octanol–water partition coefficient (Wildman–Crippen LogP) is 3.00. The van der Waals surface area contributed by atoms with E-state index in [0.717, 1.165) is 26.1 Å². The van der Waals surface area contributed by atoms with E-state index in [0.29, 0.717) is 6.42 Å². The van der Waals surface area contributed by atoms with Crippen LogP contribution in [0.4, 0.5) is 0 Å². The SMILES string of the molecule is O=C1CCNCCCCCCCCCCCCN1. The molecular formula is C15H30N2O. The Balaban J connectivity index is 2.11. The maximum absolute atomic E-state index is 11.5. The van der Waals surface area contributed by atoms with Gasteiger partial charge in [-0.2, -0.15) is 0 Å². The average Bonchev–Trinajstić information content (AvgIpc) is 2.37. The Morgan fingerprint density at radius 3 is 1.72 bits per heavy atom. The van der Waals surface area contributed by atoms with Crippen LogP contribution in [-0.2, 0) is 4.79 Å². The van der Waals surface area contributed by atoms with Crippen molar-refractivity contribution < 1.29 is 4.79 Å². The van der Waals surface area contributed by atoms with Crippen molar-refractivity contribution in [3.05, 3.63) is 0 Å². The van der Waals surface area contributed by atoms with E-state index in [2.05, 4.69) is 10.6 Å². The lowest BCUT2D eigenvalue weighted by molar-refractivity contribution is -0.121. The summed E-state index contributed by atoms with van der Waals surface area (Å²) in [5.74, 6) is 0.201. The summed E-state index contributed by atoms with van der Waals surface area (Å²) >= 11 is 0. The monoisotopic (exact) mass is 254 g/mol. The summed E-state index contributed by atoms with van der Waals surface area (Å²) in [6, 6.07) is 0. The van der Waals surface area contributed by atoms with Gasteiger partial charge in [0.05, 0.1) is 0 Å². The molecule has 1 aliphatic heterocycles. The zero-order valence-electron chi connectivity index (χ0n) is 11.8. The molecule has 18 heavy (non-hydrogen) atoms. The normalized spacial score (nSPS) is 23.0. The fourth-order valence-corrected chi connectivity index (χ4v) is 2.43. The highest BCUT2D eigenvalue weighted by molar-refractivity contribution is 5.75. The number of carbonyl (C=O) groups is 1. The lowest BCUT2D eigenvalue weighted by Crippen LogP contribution is -2.28.